The smallest absolute Gasteiger partial charge is 0.246 e. The Balaban J connectivity index is 2.05. The molecular formula is C20H21BrFNO3S. The lowest BCUT2D eigenvalue weighted by atomic mass is 10.1. The third-order valence-electron chi connectivity index (χ3n) is 5.15. The largest absolute Gasteiger partial charge is 0.322 e. The number of hydrogen-bond acceptors (Lipinski definition) is 3. The lowest BCUT2D eigenvalue weighted by Gasteiger charge is -2.28. The van der Waals surface area contributed by atoms with Crippen LogP contribution in [0.5, 0.6) is 0 Å². The Bertz CT molecular complexity index is 998. The molecule has 0 heterocycles. The zero-order chi connectivity index (χ0) is 19.8. The fourth-order valence-corrected chi connectivity index (χ4v) is 6.31. The van der Waals surface area contributed by atoms with Crippen LogP contribution in [0, 0.1) is 19.7 Å². The molecule has 2 aromatic carbocycles. The van der Waals surface area contributed by atoms with Crippen LogP contribution >= 0.6 is 15.9 Å². The number of rotatable bonds is 4. The summed E-state index contributed by atoms with van der Waals surface area (Å²) < 4.78 is 40.2. The summed E-state index contributed by atoms with van der Waals surface area (Å²) in [5.74, 6) is -1.28. The number of halogens is 2. The molecule has 1 N–H and O–H groups in total. The van der Waals surface area contributed by atoms with Crippen LogP contribution in [0.4, 0.5) is 10.1 Å². The van der Waals surface area contributed by atoms with Crippen molar-refractivity contribution in [2.24, 2.45) is 0 Å². The second-order valence-electron chi connectivity index (χ2n) is 7.05. The third kappa shape index (κ3) is 3.55. The zero-order valence-corrected chi connectivity index (χ0v) is 17.6. The van der Waals surface area contributed by atoms with E-state index in [9.17, 15) is 17.6 Å². The first-order valence-electron chi connectivity index (χ1n) is 8.76. The van der Waals surface area contributed by atoms with Crippen molar-refractivity contribution in [3.63, 3.8) is 0 Å². The second-order valence-corrected chi connectivity index (χ2v) is 10.2. The molecule has 0 atom stereocenters. The molecule has 2 aromatic rings. The monoisotopic (exact) mass is 453 g/mol. The first-order valence-corrected chi connectivity index (χ1v) is 11.0. The van der Waals surface area contributed by atoms with E-state index in [1.807, 2.05) is 13.0 Å². The van der Waals surface area contributed by atoms with Gasteiger partial charge in [-0.3, -0.25) is 4.79 Å². The van der Waals surface area contributed by atoms with Gasteiger partial charge in [-0.2, -0.15) is 0 Å². The maximum atomic E-state index is 14.2. The van der Waals surface area contributed by atoms with E-state index in [-0.39, 0.29) is 23.4 Å². The number of carbonyl (C=O) groups excluding carboxylic acids is 1. The molecule has 3 rings (SSSR count). The van der Waals surface area contributed by atoms with Crippen LogP contribution in [-0.4, -0.2) is 19.1 Å². The number of hydrogen-bond donors (Lipinski definition) is 1. The summed E-state index contributed by atoms with van der Waals surface area (Å²) >= 11 is 3.17. The number of aryl methyl sites for hydroxylation is 2. The Morgan fingerprint density at radius 2 is 1.78 bits per heavy atom. The number of anilines is 1. The van der Waals surface area contributed by atoms with Gasteiger partial charge in [0.15, 0.2) is 14.6 Å². The van der Waals surface area contributed by atoms with E-state index >= 15 is 0 Å². The Morgan fingerprint density at radius 3 is 2.41 bits per heavy atom. The van der Waals surface area contributed by atoms with Gasteiger partial charge in [-0.15, -0.1) is 0 Å². The zero-order valence-electron chi connectivity index (χ0n) is 15.2. The summed E-state index contributed by atoms with van der Waals surface area (Å²) in [6, 6.07) is 9.45. The fourth-order valence-electron chi connectivity index (χ4n) is 3.60. The van der Waals surface area contributed by atoms with Crippen molar-refractivity contribution < 1.29 is 17.6 Å². The SMILES string of the molecule is Cc1ccc(C)c(S(=O)(=O)C2(C(=O)Nc3ccc(Br)cc3F)CCCC2)c1. The molecule has 0 saturated heterocycles. The average Bonchev–Trinajstić information content (AvgIpc) is 3.11. The minimum atomic E-state index is -3.94. The Morgan fingerprint density at radius 1 is 1.11 bits per heavy atom. The predicted octanol–water partition coefficient (Wildman–Crippen LogP) is 4.93. The van der Waals surface area contributed by atoms with Crippen LogP contribution < -0.4 is 5.32 Å². The summed E-state index contributed by atoms with van der Waals surface area (Å²) in [6.45, 7) is 3.54. The average molecular weight is 454 g/mol. The van der Waals surface area contributed by atoms with Crippen molar-refractivity contribution in [2.45, 2.75) is 49.2 Å². The van der Waals surface area contributed by atoms with Crippen LogP contribution in [-0.2, 0) is 14.6 Å². The van der Waals surface area contributed by atoms with Crippen LogP contribution in [0.1, 0.15) is 36.8 Å². The van der Waals surface area contributed by atoms with E-state index in [1.165, 1.54) is 12.1 Å². The summed E-state index contributed by atoms with van der Waals surface area (Å²) in [5.41, 5.74) is 1.40. The standard InChI is InChI=1S/C20H21BrFNO3S/c1-13-5-6-14(2)18(11-13)27(25,26)20(9-3-4-10-20)19(24)23-17-8-7-15(21)12-16(17)22/h5-8,11-12H,3-4,9-10H2,1-2H3,(H,23,24). The number of carbonyl (C=O) groups is 1. The molecule has 1 saturated carbocycles. The van der Waals surface area contributed by atoms with Gasteiger partial charge in [-0.05, 0) is 62.1 Å². The molecule has 0 bridgehead atoms. The summed E-state index contributed by atoms with van der Waals surface area (Å²) in [5, 5.41) is 2.52. The lowest BCUT2D eigenvalue weighted by Crippen LogP contribution is -2.47. The van der Waals surface area contributed by atoms with Gasteiger partial charge in [0.25, 0.3) is 0 Å². The van der Waals surface area contributed by atoms with Crippen molar-refractivity contribution in [1.82, 2.24) is 0 Å². The van der Waals surface area contributed by atoms with Crippen LogP contribution in [0.25, 0.3) is 0 Å². The van der Waals surface area contributed by atoms with E-state index in [1.54, 1.807) is 25.1 Å². The molecule has 0 aliphatic heterocycles. The molecule has 1 aliphatic rings. The minimum Gasteiger partial charge on any atom is -0.322 e. The van der Waals surface area contributed by atoms with Crippen LogP contribution in [0.3, 0.4) is 0 Å². The van der Waals surface area contributed by atoms with Crippen molar-refractivity contribution in [2.75, 3.05) is 5.32 Å². The summed E-state index contributed by atoms with van der Waals surface area (Å²) in [7, 11) is -3.94. The first-order chi connectivity index (χ1) is 12.7. The number of sulfone groups is 1. The Hall–Kier alpha value is -1.73. The second kappa shape index (κ2) is 7.36. The molecular weight excluding hydrogens is 433 g/mol. The number of amides is 1. The van der Waals surface area contributed by atoms with E-state index in [0.29, 0.717) is 22.9 Å². The molecule has 27 heavy (non-hydrogen) atoms. The van der Waals surface area contributed by atoms with Crippen molar-refractivity contribution in [3.8, 4) is 0 Å². The minimum absolute atomic E-state index is 0.0226. The molecule has 0 aromatic heterocycles. The van der Waals surface area contributed by atoms with Gasteiger partial charge in [0.05, 0.1) is 10.6 Å². The molecule has 4 nitrogen and oxygen atoms in total. The highest BCUT2D eigenvalue weighted by Gasteiger charge is 2.53. The lowest BCUT2D eigenvalue weighted by molar-refractivity contribution is -0.118. The van der Waals surface area contributed by atoms with E-state index in [4.69, 9.17) is 0 Å². The van der Waals surface area contributed by atoms with Gasteiger partial charge in [-0.25, -0.2) is 12.8 Å². The third-order valence-corrected chi connectivity index (χ3v) is 8.29. The Kier molecular flexibility index (Phi) is 5.45. The van der Waals surface area contributed by atoms with Crippen molar-refractivity contribution >= 4 is 37.4 Å². The first kappa shape index (κ1) is 20.0. The normalized spacial score (nSPS) is 16.3. The molecule has 1 fully saturated rings. The molecule has 1 aliphatic carbocycles. The van der Waals surface area contributed by atoms with Gasteiger partial charge >= 0.3 is 0 Å². The van der Waals surface area contributed by atoms with Crippen molar-refractivity contribution in [3.05, 3.63) is 57.8 Å². The molecule has 1 amide bonds. The molecule has 144 valence electrons. The molecule has 0 radical (unpaired) electrons. The number of nitrogens with one attached hydrogen (secondary N) is 1. The van der Waals surface area contributed by atoms with Crippen LogP contribution in [0.15, 0.2) is 45.8 Å². The topological polar surface area (TPSA) is 63.2 Å². The highest BCUT2D eigenvalue weighted by molar-refractivity contribution is 9.10. The van der Waals surface area contributed by atoms with Crippen molar-refractivity contribution in [1.29, 1.82) is 0 Å². The maximum absolute atomic E-state index is 14.2. The quantitative estimate of drug-likeness (QED) is 0.713. The van der Waals surface area contributed by atoms with Gasteiger partial charge < -0.3 is 5.32 Å². The highest BCUT2D eigenvalue weighted by atomic mass is 79.9. The van der Waals surface area contributed by atoms with E-state index < -0.39 is 26.3 Å². The van der Waals surface area contributed by atoms with Crippen LogP contribution in [0.2, 0.25) is 0 Å². The highest BCUT2D eigenvalue weighted by Crippen LogP contribution is 2.42. The maximum Gasteiger partial charge on any atom is 0.246 e. The molecule has 7 heteroatoms. The summed E-state index contributed by atoms with van der Waals surface area (Å²) in [6.07, 6.45) is 1.74. The molecule has 0 spiro atoms. The van der Waals surface area contributed by atoms with Gasteiger partial charge in [-0.1, -0.05) is 40.9 Å². The van der Waals surface area contributed by atoms with E-state index in [0.717, 1.165) is 5.56 Å². The van der Waals surface area contributed by atoms with Gasteiger partial charge in [0, 0.05) is 4.47 Å². The van der Waals surface area contributed by atoms with Gasteiger partial charge in [0.2, 0.25) is 5.91 Å². The fraction of sp³-hybridized carbons (Fsp3) is 0.350. The number of benzene rings is 2. The molecule has 0 unspecified atom stereocenters. The summed E-state index contributed by atoms with van der Waals surface area (Å²) in [4.78, 5) is 13.3. The van der Waals surface area contributed by atoms with Gasteiger partial charge in [0.1, 0.15) is 5.82 Å². The predicted molar refractivity (Wildman–Crippen MR) is 107 cm³/mol. The Labute approximate surface area is 167 Å². The van der Waals surface area contributed by atoms with E-state index in [2.05, 4.69) is 21.2 Å².